The highest BCUT2D eigenvalue weighted by atomic mass is 16.5. The number of hydrogen-bond acceptors (Lipinski definition) is 4. The number of hydrogen-bond donors (Lipinski definition) is 1. The van der Waals surface area contributed by atoms with Crippen molar-refractivity contribution < 1.29 is 19.1 Å². The predicted octanol–water partition coefficient (Wildman–Crippen LogP) is 2.55. The van der Waals surface area contributed by atoms with Crippen LogP contribution in [0.4, 0.5) is 5.69 Å². The molecular formula is C21H24N2O4. The van der Waals surface area contributed by atoms with E-state index in [0.29, 0.717) is 25.3 Å². The Kier molecular flexibility index (Phi) is 5.96. The maximum atomic E-state index is 12.3. The highest BCUT2D eigenvalue weighted by molar-refractivity contribution is 5.95. The first-order chi connectivity index (χ1) is 13.1. The fourth-order valence-corrected chi connectivity index (χ4v) is 3.10. The summed E-state index contributed by atoms with van der Waals surface area (Å²) in [5.74, 6) is 1.42. The normalized spacial score (nSPS) is 16.3. The van der Waals surface area contributed by atoms with Crippen LogP contribution in [0.5, 0.6) is 11.5 Å². The van der Waals surface area contributed by atoms with E-state index in [2.05, 4.69) is 5.32 Å². The van der Waals surface area contributed by atoms with E-state index in [1.54, 1.807) is 12.0 Å². The van der Waals surface area contributed by atoms with Gasteiger partial charge in [0.15, 0.2) is 6.61 Å². The van der Waals surface area contributed by atoms with E-state index in [4.69, 9.17) is 9.47 Å². The Morgan fingerprint density at radius 3 is 2.63 bits per heavy atom. The topological polar surface area (TPSA) is 67.9 Å². The molecule has 2 aromatic carbocycles. The maximum absolute atomic E-state index is 12.3. The Morgan fingerprint density at radius 1 is 1.19 bits per heavy atom. The van der Waals surface area contributed by atoms with Crippen molar-refractivity contribution in [3.8, 4) is 11.5 Å². The summed E-state index contributed by atoms with van der Waals surface area (Å²) in [5.41, 5.74) is 1.83. The number of ether oxygens (including phenoxy) is 2. The summed E-state index contributed by atoms with van der Waals surface area (Å²) in [4.78, 5) is 26.1. The molecule has 27 heavy (non-hydrogen) atoms. The van der Waals surface area contributed by atoms with Crippen molar-refractivity contribution in [3.63, 3.8) is 0 Å². The maximum Gasteiger partial charge on any atom is 0.257 e. The highest BCUT2D eigenvalue weighted by Crippen LogP contribution is 2.26. The van der Waals surface area contributed by atoms with Crippen LogP contribution in [0.15, 0.2) is 48.5 Å². The molecule has 1 fully saturated rings. The van der Waals surface area contributed by atoms with E-state index in [0.717, 1.165) is 17.0 Å². The number of nitrogens with one attached hydrogen (secondary N) is 1. The van der Waals surface area contributed by atoms with Gasteiger partial charge >= 0.3 is 0 Å². The van der Waals surface area contributed by atoms with Gasteiger partial charge in [-0.25, -0.2) is 0 Å². The second-order valence-electron chi connectivity index (χ2n) is 6.63. The van der Waals surface area contributed by atoms with Gasteiger partial charge in [0.1, 0.15) is 11.5 Å². The van der Waals surface area contributed by atoms with Crippen molar-refractivity contribution in [1.82, 2.24) is 5.32 Å². The highest BCUT2D eigenvalue weighted by Gasteiger charge is 2.30. The number of methoxy groups -OCH3 is 1. The number of aryl methyl sites for hydroxylation is 1. The molecule has 6 heteroatoms. The minimum Gasteiger partial charge on any atom is -0.497 e. The van der Waals surface area contributed by atoms with Crippen molar-refractivity contribution in [1.29, 1.82) is 0 Å². The van der Waals surface area contributed by atoms with Crippen LogP contribution in [0.2, 0.25) is 0 Å². The molecule has 0 radical (unpaired) electrons. The van der Waals surface area contributed by atoms with Crippen molar-refractivity contribution in [2.75, 3.05) is 31.7 Å². The van der Waals surface area contributed by atoms with Crippen LogP contribution in [0.25, 0.3) is 0 Å². The quantitative estimate of drug-likeness (QED) is 0.816. The predicted molar refractivity (Wildman–Crippen MR) is 103 cm³/mol. The van der Waals surface area contributed by atoms with Gasteiger partial charge in [0.2, 0.25) is 5.91 Å². The average Bonchev–Trinajstić information content (AvgIpc) is 3.06. The molecule has 0 aromatic heterocycles. The van der Waals surface area contributed by atoms with Gasteiger partial charge in [-0.05, 0) is 42.8 Å². The fourth-order valence-electron chi connectivity index (χ4n) is 3.10. The molecule has 2 amide bonds. The largest absolute Gasteiger partial charge is 0.497 e. The number of para-hydroxylation sites is 1. The summed E-state index contributed by atoms with van der Waals surface area (Å²) in [7, 11) is 1.61. The summed E-state index contributed by atoms with van der Waals surface area (Å²) in [6, 6.07) is 15.0. The smallest absolute Gasteiger partial charge is 0.257 e. The third kappa shape index (κ3) is 4.78. The molecular weight excluding hydrogens is 344 g/mol. The zero-order chi connectivity index (χ0) is 19.2. The van der Waals surface area contributed by atoms with Crippen molar-refractivity contribution >= 4 is 17.5 Å². The Bertz CT molecular complexity index is 804. The molecule has 1 aliphatic heterocycles. The SMILES string of the molecule is COc1ccc(N2CC(CNC(=O)COc3ccccc3C)CC2=O)cc1. The monoisotopic (exact) mass is 368 g/mol. The molecule has 0 bridgehead atoms. The lowest BCUT2D eigenvalue weighted by Crippen LogP contribution is -2.34. The molecule has 1 heterocycles. The second-order valence-corrected chi connectivity index (χ2v) is 6.63. The van der Waals surface area contributed by atoms with Crippen molar-refractivity contribution in [2.24, 2.45) is 5.92 Å². The van der Waals surface area contributed by atoms with Gasteiger partial charge in [-0.3, -0.25) is 9.59 Å². The Morgan fingerprint density at radius 2 is 1.93 bits per heavy atom. The van der Waals surface area contributed by atoms with E-state index in [1.165, 1.54) is 0 Å². The first-order valence-corrected chi connectivity index (χ1v) is 8.96. The summed E-state index contributed by atoms with van der Waals surface area (Å²) in [5, 5.41) is 2.86. The zero-order valence-corrected chi connectivity index (χ0v) is 15.6. The number of amides is 2. The Labute approximate surface area is 159 Å². The lowest BCUT2D eigenvalue weighted by atomic mass is 10.1. The number of benzene rings is 2. The van der Waals surface area contributed by atoms with E-state index >= 15 is 0 Å². The molecule has 3 rings (SSSR count). The summed E-state index contributed by atoms with van der Waals surface area (Å²) in [6.45, 7) is 2.94. The zero-order valence-electron chi connectivity index (χ0n) is 15.6. The minimum atomic E-state index is -0.186. The third-order valence-electron chi connectivity index (χ3n) is 4.63. The van der Waals surface area contributed by atoms with Crippen LogP contribution >= 0.6 is 0 Å². The molecule has 1 unspecified atom stereocenters. The Balaban J connectivity index is 1.46. The molecule has 0 aliphatic carbocycles. The first kappa shape index (κ1) is 18.8. The molecule has 0 saturated carbocycles. The standard InChI is InChI=1S/C21H24N2O4/c1-15-5-3-4-6-19(15)27-14-20(24)22-12-16-11-21(25)23(13-16)17-7-9-18(26-2)10-8-17/h3-10,16H,11-14H2,1-2H3,(H,22,24). The van der Waals surface area contributed by atoms with Gasteiger partial charge in [0.05, 0.1) is 7.11 Å². The third-order valence-corrected chi connectivity index (χ3v) is 4.63. The summed E-state index contributed by atoms with van der Waals surface area (Å²) >= 11 is 0. The number of carbonyl (C=O) groups is 2. The van der Waals surface area contributed by atoms with Gasteiger partial charge in [-0.2, -0.15) is 0 Å². The lowest BCUT2D eigenvalue weighted by Gasteiger charge is -2.17. The Hall–Kier alpha value is -3.02. The number of anilines is 1. The molecule has 1 saturated heterocycles. The lowest BCUT2D eigenvalue weighted by molar-refractivity contribution is -0.123. The minimum absolute atomic E-state index is 0.0340. The number of carbonyl (C=O) groups excluding carboxylic acids is 2. The second kappa shape index (κ2) is 8.58. The van der Waals surface area contributed by atoms with Crippen LogP contribution in [0.3, 0.4) is 0 Å². The van der Waals surface area contributed by atoms with Gasteiger partial charge in [-0.15, -0.1) is 0 Å². The van der Waals surface area contributed by atoms with Gasteiger partial charge in [0.25, 0.3) is 5.91 Å². The van der Waals surface area contributed by atoms with Crippen LogP contribution in [0, 0.1) is 12.8 Å². The molecule has 0 spiro atoms. The fraction of sp³-hybridized carbons (Fsp3) is 0.333. The van der Waals surface area contributed by atoms with Gasteiger partial charge < -0.3 is 19.7 Å². The molecule has 1 aliphatic rings. The molecule has 6 nitrogen and oxygen atoms in total. The van der Waals surface area contributed by atoms with E-state index < -0.39 is 0 Å². The molecule has 2 aromatic rings. The van der Waals surface area contributed by atoms with Crippen LogP contribution < -0.4 is 19.7 Å². The first-order valence-electron chi connectivity index (χ1n) is 8.96. The van der Waals surface area contributed by atoms with Crippen molar-refractivity contribution in [3.05, 3.63) is 54.1 Å². The van der Waals surface area contributed by atoms with Gasteiger partial charge in [0, 0.05) is 31.1 Å². The molecule has 1 N–H and O–H groups in total. The molecule has 1 atom stereocenters. The molecule has 142 valence electrons. The van der Waals surface area contributed by atoms with Crippen molar-refractivity contribution in [2.45, 2.75) is 13.3 Å². The van der Waals surface area contributed by atoms with Crippen LogP contribution in [-0.4, -0.2) is 38.6 Å². The van der Waals surface area contributed by atoms with Gasteiger partial charge in [-0.1, -0.05) is 18.2 Å². The summed E-state index contributed by atoms with van der Waals surface area (Å²) < 4.78 is 10.7. The van der Waals surface area contributed by atoms with Crippen LogP contribution in [0.1, 0.15) is 12.0 Å². The average molecular weight is 368 g/mol. The number of rotatable bonds is 7. The number of nitrogens with zero attached hydrogens (tertiary/aromatic N) is 1. The van der Waals surface area contributed by atoms with E-state index in [1.807, 2.05) is 55.5 Å². The van der Waals surface area contributed by atoms with E-state index in [-0.39, 0.29) is 24.3 Å². The summed E-state index contributed by atoms with van der Waals surface area (Å²) in [6.07, 6.45) is 0.422. The van der Waals surface area contributed by atoms with Crippen LogP contribution in [-0.2, 0) is 9.59 Å². The van der Waals surface area contributed by atoms with E-state index in [9.17, 15) is 9.59 Å².